The molecule has 0 aliphatic carbocycles. The van der Waals surface area contributed by atoms with Gasteiger partial charge in [-0.3, -0.25) is 0 Å². The Kier molecular flexibility index (Phi) is 2.80. The number of hydrogen-bond acceptors (Lipinski definition) is 3. The molecule has 1 aromatic rings. The predicted molar refractivity (Wildman–Crippen MR) is 52.5 cm³/mol. The summed E-state index contributed by atoms with van der Waals surface area (Å²) in [6.07, 6.45) is 4.94. The molecule has 0 N–H and O–H groups in total. The fourth-order valence-electron chi connectivity index (χ4n) is 0.654. The van der Waals surface area contributed by atoms with Gasteiger partial charge in [0, 0.05) is 6.21 Å². The molecule has 1 aromatic heterocycles. The van der Waals surface area contributed by atoms with E-state index in [4.69, 9.17) is 0 Å². The second kappa shape index (κ2) is 3.68. The van der Waals surface area contributed by atoms with Crippen LogP contribution in [0.15, 0.2) is 17.8 Å². The average molecular weight is 180 g/mol. The lowest BCUT2D eigenvalue weighted by Gasteiger charge is -2.22. The first-order chi connectivity index (χ1) is 6.00. The lowest BCUT2D eigenvalue weighted by Crippen LogP contribution is -2.18. The summed E-state index contributed by atoms with van der Waals surface area (Å²) < 4.78 is 0. The van der Waals surface area contributed by atoms with Gasteiger partial charge in [0.1, 0.15) is 12.7 Å². The highest BCUT2D eigenvalue weighted by molar-refractivity contribution is 5.60. The number of nitrogens with zero attached hydrogens (tertiary/aromatic N) is 4. The zero-order valence-electron chi connectivity index (χ0n) is 8.60. The number of aromatic nitrogens is 3. The van der Waals surface area contributed by atoms with Crippen LogP contribution >= 0.6 is 0 Å². The highest BCUT2D eigenvalue weighted by Gasteiger charge is 2.17. The molecule has 0 aliphatic heterocycles. The Labute approximate surface area is 78.7 Å². The van der Waals surface area contributed by atoms with Crippen LogP contribution in [0, 0.1) is 11.3 Å². The van der Waals surface area contributed by atoms with Gasteiger partial charge in [-0.25, -0.2) is 4.98 Å². The van der Waals surface area contributed by atoms with Crippen LogP contribution in [0.25, 0.3) is 0 Å². The van der Waals surface area contributed by atoms with Crippen molar-refractivity contribution in [3.05, 3.63) is 12.7 Å². The molecule has 1 unspecified atom stereocenters. The molecule has 0 saturated carbocycles. The third-order valence-corrected chi connectivity index (χ3v) is 2.18. The molecule has 4 nitrogen and oxygen atoms in total. The van der Waals surface area contributed by atoms with Crippen LogP contribution < -0.4 is 0 Å². The van der Waals surface area contributed by atoms with Crippen LogP contribution in [-0.4, -0.2) is 21.1 Å². The van der Waals surface area contributed by atoms with Crippen LogP contribution in [0.4, 0.5) is 0 Å². The van der Waals surface area contributed by atoms with Crippen LogP contribution in [0.2, 0.25) is 0 Å². The minimum Gasteiger partial charge on any atom is -0.221 e. The lowest BCUT2D eigenvalue weighted by molar-refractivity contribution is 0.337. The van der Waals surface area contributed by atoms with Crippen LogP contribution in [0.5, 0.6) is 0 Å². The first-order valence-electron chi connectivity index (χ1n) is 4.39. The Hall–Kier alpha value is -1.19. The molecule has 0 spiro atoms. The second-order valence-electron chi connectivity index (χ2n) is 4.24. The summed E-state index contributed by atoms with van der Waals surface area (Å²) in [5, 5.41) is 8.03. The van der Waals surface area contributed by atoms with Crippen LogP contribution in [-0.2, 0) is 0 Å². The Morgan fingerprint density at radius 1 is 1.46 bits per heavy atom. The number of rotatable bonds is 2. The summed E-state index contributed by atoms with van der Waals surface area (Å²) >= 11 is 0. The Balaban J connectivity index is 2.59. The van der Waals surface area contributed by atoms with Gasteiger partial charge in [-0.15, -0.1) is 9.89 Å². The lowest BCUT2D eigenvalue weighted by atomic mass is 9.83. The Bertz CT molecular complexity index is 268. The molecule has 0 radical (unpaired) electrons. The van der Waals surface area contributed by atoms with E-state index in [1.54, 1.807) is 6.33 Å². The van der Waals surface area contributed by atoms with E-state index in [1.165, 1.54) is 11.1 Å². The quantitative estimate of drug-likeness (QED) is 0.651. The SMILES string of the molecule is CC(/C=N/n1cncn1)C(C)(C)C. The van der Waals surface area contributed by atoms with E-state index in [2.05, 4.69) is 42.9 Å². The molecule has 0 bridgehead atoms. The molecule has 1 atom stereocenters. The van der Waals surface area contributed by atoms with Gasteiger partial charge >= 0.3 is 0 Å². The largest absolute Gasteiger partial charge is 0.221 e. The molecule has 0 saturated heterocycles. The molecular formula is C9H16N4. The third kappa shape index (κ3) is 2.97. The molecule has 1 rings (SSSR count). The van der Waals surface area contributed by atoms with Crippen molar-refractivity contribution in [2.24, 2.45) is 16.4 Å². The third-order valence-electron chi connectivity index (χ3n) is 2.18. The normalized spacial score (nSPS) is 15.1. The first kappa shape index (κ1) is 9.89. The van der Waals surface area contributed by atoms with Crippen molar-refractivity contribution < 1.29 is 0 Å². The van der Waals surface area contributed by atoms with E-state index >= 15 is 0 Å². The standard InChI is InChI=1S/C9H16N4/c1-8(9(2,3)4)5-11-13-7-10-6-12-13/h5-8H,1-4H3/b11-5+. The summed E-state index contributed by atoms with van der Waals surface area (Å²) in [5.41, 5.74) is 0.240. The number of hydrogen-bond donors (Lipinski definition) is 0. The van der Waals surface area contributed by atoms with Crippen molar-refractivity contribution in [1.82, 2.24) is 14.9 Å². The van der Waals surface area contributed by atoms with Gasteiger partial charge in [0.2, 0.25) is 0 Å². The average Bonchev–Trinajstić information content (AvgIpc) is 2.50. The monoisotopic (exact) mass is 180 g/mol. The minimum absolute atomic E-state index is 0.240. The van der Waals surface area contributed by atoms with E-state index in [1.807, 2.05) is 6.21 Å². The molecule has 4 heteroatoms. The maximum atomic E-state index is 4.15. The topological polar surface area (TPSA) is 43.1 Å². The van der Waals surface area contributed by atoms with Crippen molar-refractivity contribution in [3.63, 3.8) is 0 Å². The van der Waals surface area contributed by atoms with E-state index in [0.717, 1.165) is 0 Å². The van der Waals surface area contributed by atoms with Gasteiger partial charge in [-0.05, 0) is 11.3 Å². The van der Waals surface area contributed by atoms with Gasteiger partial charge in [0.15, 0.2) is 0 Å². The van der Waals surface area contributed by atoms with Crippen molar-refractivity contribution in [1.29, 1.82) is 0 Å². The van der Waals surface area contributed by atoms with Crippen molar-refractivity contribution in [2.45, 2.75) is 27.7 Å². The first-order valence-corrected chi connectivity index (χ1v) is 4.39. The molecule has 13 heavy (non-hydrogen) atoms. The maximum Gasteiger partial charge on any atom is 0.139 e. The minimum atomic E-state index is 0.240. The maximum absolute atomic E-state index is 4.15. The molecule has 0 amide bonds. The van der Waals surface area contributed by atoms with Crippen LogP contribution in [0.3, 0.4) is 0 Å². The van der Waals surface area contributed by atoms with E-state index in [0.29, 0.717) is 5.92 Å². The fraction of sp³-hybridized carbons (Fsp3) is 0.667. The van der Waals surface area contributed by atoms with E-state index in [9.17, 15) is 0 Å². The fourth-order valence-corrected chi connectivity index (χ4v) is 0.654. The van der Waals surface area contributed by atoms with Gasteiger partial charge in [-0.1, -0.05) is 27.7 Å². The van der Waals surface area contributed by atoms with Gasteiger partial charge in [-0.2, -0.15) is 5.10 Å². The molecule has 0 fully saturated rings. The second-order valence-corrected chi connectivity index (χ2v) is 4.24. The Morgan fingerprint density at radius 2 is 2.15 bits per heavy atom. The molecule has 0 aliphatic rings. The predicted octanol–water partition coefficient (Wildman–Crippen LogP) is 1.79. The smallest absolute Gasteiger partial charge is 0.139 e. The van der Waals surface area contributed by atoms with Crippen molar-refractivity contribution in [2.75, 3.05) is 0 Å². The Morgan fingerprint density at radius 3 is 2.62 bits per heavy atom. The summed E-state index contributed by atoms with van der Waals surface area (Å²) in [4.78, 5) is 5.26. The summed E-state index contributed by atoms with van der Waals surface area (Å²) in [7, 11) is 0. The molecular weight excluding hydrogens is 164 g/mol. The molecule has 1 heterocycles. The zero-order chi connectivity index (χ0) is 9.90. The molecule has 72 valence electrons. The summed E-state index contributed by atoms with van der Waals surface area (Å²) in [6, 6.07) is 0. The van der Waals surface area contributed by atoms with E-state index in [-0.39, 0.29) is 5.41 Å². The van der Waals surface area contributed by atoms with Crippen molar-refractivity contribution >= 4 is 6.21 Å². The van der Waals surface area contributed by atoms with Crippen LogP contribution in [0.1, 0.15) is 27.7 Å². The van der Waals surface area contributed by atoms with Crippen molar-refractivity contribution in [3.8, 4) is 0 Å². The summed E-state index contributed by atoms with van der Waals surface area (Å²) in [5.74, 6) is 0.414. The van der Waals surface area contributed by atoms with Gasteiger partial charge in [0.25, 0.3) is 0 Å². The summed E-state index contributed by atoms with van der Waals surface area (Å²) in [6.45, 7) is 8.70. The van der Waals surface area contributed by atoms with Gasteiger partial charge in [0.05, 0.1) is 0 Å². The highest BCUT2D eigenvalue weighted by Crippen LogP contribution is 2.23. The molecule has 0 aromatic carbocycles. The van der Waals surface area contributed by atoms with E-state index < -0.39 is 0 Å². The van der Waals surface area contributed by atoms with Gasteiger partial charge < -0.3 is 0 Å². The zero-order valence-corrected chi connectivity index (χ0v) is 8.60. The highest BCUT2D eigenvalue weighted by atomic mass is 15.5.